The zero-order valence-corrected chi connectivity index (χ0v) is 13.9. The number of hydrogen-bond donors (Lipinski definition) is 1. The van der Waals surface area contributed by atoms with Crippen LogP contribution < -0.4 is 5.32 Å². The maximum Gasteiger partial charge on any atom is 0.338 e. The number of esters is 1. The predicted molar refractivity (Wildman–Crippen MR) is 83.3 cm³/mol. The van der Waals surface area contributed by atoms with E-state index in [1.165, 1.54) is 17.5 Å². The summed E-state index contributed by atoms with van der Waals surface area (Å²) in [5.74, 6) is -0.200. The standard InChI is InChI=1S/C15H22N2O4S/c1-11-4-5-13(8-14(11)15(18)21-3)22(19,20)17-7-6-12(10-17)9-16-2/h4-5,8,12,16H,6-7,9-10H2,1-3H3. The molecule has 0 spiro atoms. The zero-order chi connectivity index (χ0) is 16.3. The van der Waals surface area contributed by atoms with E-state index < -0.39 is 16.0 Å². The molecule has 22 heavy (non-hydrogen) atoms. The van der Waals surface area contributed by atoms with E-state index in [1.54, 1.807) is 19.1 Å². The van der Waals surface area contributed by atoms with Gasteiger partial charge in [0.05, 0.1) is 17.6 Å². The van der Waals surface area contributed by atoms with E-state index in [-0.39, 0.29) is 10.5 Å². The van der Waals surface area contributed by atoms with E-state index in [4.69, 9.17) is 4.74 Å². The highest BCUT2D eigenvalue weighted by molar-refractivity contribution is 7.89. The largest absolute Gasteiger partial charge is 0.465 e. The minimum absolute atomic E-state index is 0.142. The highest BCUT2D eigenvalue weighted by atomic mass is 32.2. The van der Waals surface area contributed by atoms with Gasteiger partial charge < -0.3 is 10.1 Å². The van der Waals surface area contributed by atoms with Gasteiger partial charge in [0, 0.05) is 13.1 Å². The van der Waals surface area contributed by atoms with Crippen molar-refractivity contribution in [3.8, 4) is 0 Å². The van der Waals surface area contributed by atoms with Gasteiger partial charge in [-0.05, 0) is 50.6 Å². The van der Waals surface area contributed by atoms with E-state index in [9.17, 15) is 13.2 Å². The van der Waals surface area contributed by atoms with E-state index >= 15 is 0 Å². The van der Waals surface area contributed by atoms with Crippen LogP contribution in [0.2, 0.25) is 0 Å². The van der Waals surface area contributed by atoms with Gasteiger partial charge in [-0.25, -0.2) is 13.2 Å². The summed E-state index contributed by atoms with van der Waals surface area (Å²) in [6.07, 6.45) is 0.843. The molecular formula is C15H22N2O4S. The Morgan fingerprint density at radius 3 is 2.82 bits per heavy atom. The van der Waals surface area contributed by atoms with Gasteiger partial charge >= 0.3 is 5.97 Å². The van der Waals surface area contributed by atoms with Crippen molar-refractivity contribution in [3.05, 3.63) is 29.3 Å². The molecule has 1 aliphatic rings. The Bertz CT molecular complexity index is 658. The van der Waals surface area contributed by atoms with Gasteiger partial charge in [-0.2, -0.15) is 4.31 Å². The molecule has 0 aromatic heterocycles. The second-order valence-electron chi connectivity index (χ2n) is 5.54. The summed E-state index contributed by atoms with van der Waals surface area (Å²) in [6, 6.07) is 4.59. The number of benzene rings is 1. The molecule has 0 saturated carbocycles. The number of hydrogen-bond acceptors (Lipinski definition) is 5. The second kappa shape index (κ2) is 6.76. The molecule has 0 amide bonds. The molecule has 1 heterocycles. The first kappa shape index (κ1) is 16.9. The smallest absolute Gasteiger partial charge is 0.338 e. The molecule has 0 aliphatic carbocycles. The lowest BCUT2D eigenvalue weighted by Gasteiger charge is -2.17. The first-order valence-electron chi connectivity index (χ1n) is 7.24. The van der Waals surface area contributed by atoms with Crippen LogP contribution in [0.4, 0.5) is 0 Å². The number of nitrogens with one attached hydrogen (secondary N) is 1. The topological polar surface area (TPSA) is 75.7 Å². The number of aryl methyl sites for hydroxylation is 1. The molecule has 0 bridgehead atoms. The van der Waals surface area contributed by atoms with E-state index in [2.05, 4.69) is 5.32 Å². The Morgan fingerprint density at radius 1 is 1.45 bits per heavy atom. The minimum Gasteiger partial charge on any atom is -0.465 e. The summed E-state index contributed by atoms with van der Waals surface area (Å²) in [6.45, 7) is 3.56. The molecule has 1 atom stereocenters. The highest BCUT2D eigenvalue weighted by Crippen LogP contribution is 2.25. The van der Waals surface area contributed by atoms with Crippen molar-refractivity contribution < 1.29 is 17.9 Å². The van der Waals surface area contributed by atoms with Crippen molar-refractivity contribution in [3.63, 3.8) is 0 Å². The average Bonchev–Trinajstić information content (AvgIpc) is 2.96. The van der Waals surface area contributed by atoms with Crippen LogP contribution in [0.5, 0.6) is 0 Å². The maximum atomic E-state index is 12.7. The van der Waals surface area contributed by atoms with Gasteiger partial charge in [0.2, 0.25) is 10.0 Å². The van der Waals surface area contributed by atoms with Crippen molar-refractivity contribution in [1.82, 2.24) is 9.62 Å². The molecule has 1 saturated heterocycles. The van der Waals surface area contributed by atoms with Crippen molar-refractivity contribution in [1.29, 1.82) is 0 Å². The third-order valence-corrected chi connectivity index (χ3v) is 5.85. The van der Waals surface area contributed by atoms with Crippen molar-refractivity contribution >= 4 is 16.0 Å². The summed E-state index contributed by atoms with van der Waals surface area (Å²) in [7, 11) is -0.429. The third-order valence-electron chi connectivity index (χ3n) is 3.99. The molecule has 1 aromatic carbocycles. The maximum absolute atomic E-state index is 12.7. The van der Waals surface area contributed by atoms with Crippen LogP contribution in [0.25, 0.3) is 0 Å². The number of carbonyl (C=O) groups is 1. The summed E-state index contributed by atoms with van der Waals surface area (Å²) < 4.78 is 31.6. The lowest BCUT2D eigenvalue weighted by molar-refractivity contribution is 0.0599. The van der Waals surface area contributed by atoms with Crippen LogP contribution in [-0.2, 0) is 14.8 Å². The molecule has 1 fully saturated rings. The predicted octanol–water partition coefficient (Wildman–Crippen LogP) is 1.01. The Hall–Kier alpha value is -1.44. The quantitative estimate of drug-likeness (QED) is 0.818. The second-order valence-corrected chi connectivity index (χ2v) is 7.48. The van der Waals surface area contributed by atoms with Gasteiger partial charge in [0.15, 0.2) is 0 Å². The van der Waals surface area contributed by atoms with Crippen LogP contribution >= 0.6 is 0 Å². The normalized spacial score (nSPS) is 19.3. The fraction of sp³-hybridized carbons (Fsp3) is 0.533. The molecule has 6 nitrogen and oxygen atoms in total. The van der Waals surface area contributed by atoms with Gasteiger partial charge in [0.25, 0.3) is 0 Å². The Kier molecular flexibility index (Phi) is 5.20. The van der Waals surface area contributed by atoms with Crippen LogP contribution in [0, 0.1) is 12.8 Å². The first-order chi connectivity index (χ1) is 10.4. The summed E-state index contributed by atoms with van der Waals surface area (Å²) in [5, 5.41) is 3.08. The number of methoxy groups -OCH3 is 1. The molecule has 1 N–H and O–H groups in total. The zero-order valence-electron chi connectivity index (χ0n) is 13.1. The Balaban J connectivity index is 2.29. The van der Waals surface area contributed by atoms with E-state index in [1.807, 2.05) is 7.05 Å². The molecular weight excluding hydrogens is 304 g/mol. The fourth-order valence-electron chi connectivity index (χ4n) is 2.71. The molecule has 1 aliphatic heterocycles. The van der Waals surface area contributed by atoms with Crippen LogP contribution in [0.3, 0.4) is 0 Å². The summed E-state index contributed by atoms with van der Waals surface area (Å²) in [5.41, 5.74) is 0.981. The van der Waals surface area contributed by atoms with Crippen LogP contribution in [-0.4, -0.2) is 52.5 Å². The number of nitrogens with zero attached hydrogens (tertiary/aromatic N) is 1. The lowest BCUT2D eigenvalue weighted by Crippen LogP contribution is -2.30. The highest BCUT2D eigenvalue weighted by Gasteiger charge is 2.32. The summed E-state index contributed by atoms with van der Waals surface area (Å²) >= 11 is 0. The van der Waals surface area contributed by atoms with Crippen molar-refractivity contribution in [2.75, 3.05) is 33.8 Å². The van der Waals surface area contributed by atoms with E-state index in [0.29, 0.717) is 24.6 Å². The first-order valence-corrected chi connectivity index (χ1v) is 8.68. The monoisotopic (exact) mass is 326 g/mol. The minimum atomic E-state index is -3.57. The molecule has 0 radical (unpaired) electrons. The number of ether oxygens (including phenoxy) is 1. The Morgan fingerprint density at radius 2 is 2.18 bits per heavy atom. The van der Waals surface area contributed by atoms with Crippen molar-refractivity contribution in [2.24, 2.45) is 5.92 Å². The fourth-order valence-corrected chi connectivity index (χ4v) is 4.27. The van der Waals surface area contributed by atoms with Gasteiger partial charge in [-0.3, -0.25) is 0 Å². The Labute approximate surface area is 131 Å². The lowest BCUT2D eigenvalue weighted by atomic mass is 10.1. The van der Waals surface area contributed by atoms with Gasteiger partial charge in [0.1, 0.15) is 0 Å². The number of rotatable bonds is 5. The molecule has 1 unspecified atom stereocenters. The SMILES string of the molecule is CNCC1CCN(S(=O)(=O)c2ccc(C)c(C(=O)OC)c2)C1. The molecule has 2 rings (SSSR count). The van der Waals surface area contributed by atoms with Gasteiger partial charge in [-0.1, -0.05) is 6.07 Å². The number of sulfonamides is 1. The molecule has 122 valence electrons. The van der Waals surface area contributed by atoms with Crippen molar-refractivity contribution in [2.45, 2.75) is 18.2 Å². The molecule has 1 aromatic rings. The van der Waals surface area contributed by atoms with Crippen LogP contribution in [0.1, 0.15) is 22.3 Å². The summed E-state index contributed by atoms with van der Waals surface area (Å²) in [4.78, 5) is 11.9. The third kappa shape index (κ3) is 3.31. The number of carbonyl (C=O) groups excluding carboxylic acids is 1. The van der Waals surface area contributed by atoms with E-state index in [0.717, 1.165) is 13.0 Å². The van der Waals surface area contributed by atoms with Gasteiger partial charge in [-0.15, -0.1) is 0 Å². The average molecular weight is 326 g/mol. The van der Waals surface area contributed by atoms with Crippen LogP contribution in [0.15, 0.2) is 23.1 Å². The molecule has 7 heteroatoms.